The van der Waals surface area contributed by atoms with Gasteiger partial charge in [-0.05, 0) is 39.8 Å². The summed E-state index contributed by atoms with van der Waals surface area (Å²) in [5.74, 6) is -0.986. The number of ether oxygens (including phenoxy) is 1. The Hall–Kier alpha value is -2.47. The van der Waals surface area contributed by atoms with Gasteiger partial charge in [0.05, 0.1) is 41.4 Å². The summed E-state index contributed by atoms with van der Waals surface area (Å²) >= 11 is 0. The minimum atomic E-state index is -0.502. The average molecular weight is 341 g/mol. The lowest BCUT2D eigenvalue weighted by Crippen LogP contribution is -2.52. The van der Waals surface area contributed by atoms with Gasteiger partial charge in [0.25, 0.3) is 11.7 Å². The average Bonchev–Trinajstić information content (AvgIpc) is 2.91. The van der Waals surface area contributed by atoms with Crippen molar-refractivity contribution in [2.45, 2.75) is 39.8 Å². The van der Waals surface area contributed by atoms with E-state index in [9.17, 15) is 9.59 Å². The molecular weight excluding hydrogens is 318 g/mol. The van der Waals surface area contributed by atoms with Crippen LogP contribution in [0.25, 0.3) is 5.69 Å². The highest BCUT2D eigenvalue weighted by atomic mass is 16.5. The number of benzene rings is 1. The Bertz CT molecular complexity index is 798. The van der Waals surface area contributed by atoms with Crippen LogP contribution < -0.4 is 0 Å². The molecule has 0 radical (unpaired) electrons. The van der Waals surface area contributed by atoms with Gasteiger partial charge in [-0.15, -0.1) is 0 Å². The monoisotopic (exact) mass is 341 g/mol. The van der Waals surface area contributed by atoms with Crippen LogP contribution in [0, 0.1) is 13.8 Å². The first-order valence-electron chi connectivity index (χ1n) is 8.48. The molecule has 0 spiro atoms. The maximum atomic E-state index is 12.9. The van der Waals surface area contributed by atoms with Crippen molar-refractivity contribution in [3.8, 4) is 5.69 Å². The number of carbonyl (C=O) groups excluding carboxylic acids is 2. The zero-order chi connectivity index (χ0) is 18.1. The number of carbonyl (C=O) groups is 2. The summed E-state index contributed by atoms with van der Waals surface area (Å²) in [4.78, 5) is 27.3. The molecule has 0 unspecified atom stereocenters. The molecule has 0 bridgehead atoms. The first-order chi connectivity index (χ1) is 11.9. The minimum absolute atomic E-state index is 0.0674. The van der Waals surface area contributed by atoms with Gasteiger partial charge in [0.1, 0.15) is 0 Å². The molecule has 1 saturated heterocycles. The second-order valence-corrected chi connectivity index (χ2v) is 6.57. The fourth-order valence-corrected chi connectivity index (χ4v) is 3.22. The second-order valence-electron chi connectivity index (χ2n) is 6.57. The van der Waals surface area contributed by atoms with Crippen LogP contribution in [0.15, 0.2) is 30.3 Å². The van der Waals surface area contributed by atoms with Crippen molar-refractivity contribution in [1.29, 1.82) is 0 Å². The zero-order valence-electron chi connectivity index (χ0n) is 15.0. The van der Waals surface area contributed by atoms with Gasteiger partial charge in [-0.3, -0.25) is 9.59 Å². The fraction of sp³-hybridized carbons (Fsp3) is 0.421. The van der Waals surface area contributed by atoms with Crippen LogP contribution in [0.5, 0.6) is 0 Å². The maximum absolute atomic E-state index is 12.9. The molecule has 0 N–H and O–H groups in total. The van der Waals surface area contributed by atoms with Crippen LogP contribution in [0.1, 0.15) is 35.6 Å². The Morgan fingerprint density at radius 3 is 2.52 bits per heavy atom. The van der Waals surface area contributed by atoms with E-state index in [0.717, 1.165) is 5.69 Å². The molecule has 1 fully saturated rings. The van der Waals surface area contributed by atoms with E-state index in [-0.39, 0.29) is 12.1 Å². The number of hydrogen-bond acceptors (Lipinski definition) is 4. The number of amides is 1. The molecule has 0 aliphatic carbocycles. The molecule has 2 atom stereocenters. The molecule has 2 heterocycles. The molecule has 1 amide bonds. The molecular formula is C19H23N3O3. The Kier molecular flexibility index (Phi) is 4.72. The number of para-hydroxylation sites is 1. The second kappa shape index (κ2) is 6.80. The molecule has 6 nitrogen and oxygen atoms in total. The standard InChI is InChI=1S/C19H23N3O3/c1-12-11-25-13(2)10-21(12)19(24)18(23)17-14(3)20-22(15(17)4)16-8-6-5-7-9-16/h5-9,12-13H,10-11H2,1-4H3/t12-,13+/m0/s1. The third-order valence-corrected chi connectivity index (χ3v) is 4.58. The molecule has 1 aromatic heterocycles. The highest BCUT2D eigenvalue weighted by Crippen LogP contribution is 2.20. The summed E-state index contributed by atoms with van der Waals surface area (Å²) in [5, 5.41) is 4.46. The van der Waals surface area contributed by atoms with Gasteiger partial charge >= 0.3 is 0 Å². The lowest BCUT2D eigenvalue weighted by atomic mass is 10.1. The Balaban J connectivity index is 1.92. The van der Waals surface area contributed by atoms with Gasteiger partial charge in [-0.2, -0.15) is 5.10 Å². The third-order valence-electron chi connectivity index (χ3n) is 4.58. The van der Waals surface area contributed by atoms with Crippen LogP contribution in [-0.2, 0) is 9.53 Å². The summed E-state index contributed by atoms with van der Waals surface area (Å²) in [6.45, 7) is 8.25. The molecule has 1 aromatic carbocycles. The lowest BCUT2D eigenvalue weighted by Gasteiger charge is -2.36. The normalized spacial score (nSPS) is 20.6. The predicted molar refractivity (Wildman–Crippen MR) is 94.0 cm³/mol. The van der Waals surface area contributed by atoms with Gasteiger partial charge in [0.2, 0.25) is 0 Å². The van der Waals surface area contributed by atoms with E-state index in [1.165, 1.54) is 0 Å². The van der Waals surface area contributed by atoms with Gasteiger partial charge in [0.15, 0.2) is 0 Å². The Morgan fingerprint density at radius 2 is 1.84 bits per heavy atom. The lowest BCUT2D eigenvalue weighted by molar-refractivity contribution is -0.138. The summed E-state index contributed by atoms with van der Waals surface area (Å²) in [6, 6.07) is 9.47. The number of nitrogens with zero attached hydrogens (tertiary/aromatic N) is 3. The van der Waals surface area contributed by atoms with Crippen LogP contribution in [0.3, 0.4) is 0 Å². The molecule has 1 aliphatic rings. The topological polar surface area (TPSA) is 64.4 Å². The molecule has 1 aliphatic heterocycles. The predicted octanol–water partition coefficient (Wildman–Crippen LogP) is 2.31. The van der Waals surface area contributed by atoms with Gasteiger partial charge in [-0.25, -0.2) is 4.68 Å². The molecule has 2 aromatic rings. The van der Waals surface area contributed by atoms with Crippen LogP contribution in [-0.4, -0.2) is 51.7 Å². The highest BCUT2D eigenvalue weighted by molar-refractivity contribution is 6.43. The van der Waals surface area contributed by atoms with E-state index in [0.29, 0.717) is 30.1 Å². The van der Waals surface area contributed by atoms with E-state index < -0.39 is 11.7 Å². The van der Waals surface area contributed by atoms with E-state index in [2.05, 4.69) is 5.10 Å². The number of ketones is 1. The van der Waals surface area contributed by atoms with E-state index in [1.54, 1.807) is 16.5 Å². The van der Waals surface area contributed by atoms with Crippen molar-refractivity contribution in [3.05, 3.63) is 47.3 Å². The van der Waals surface area contributed by atoms with Crippen molar-refractivity contribution in [1.82, 2.24) is 14.7 Å². The van der Waals surface area contributed by atoms with Crippen molar-refractivity contribution in [2.75, 3.05) is 13.2 Å². The molecule has 6 heteroatoms. The largest absolute Gasteiger partial charge is 0.375 e. The van der Waals surface area contributed by atoms with Gasteiger partial charge in [0, 0.05) is 6.54 Å². The molecule has 25 heavy (non-hydrogen) atoms. The van der Waals surface area contributed by atoms with Crippen LogP contribution >= 0.6 is 0 Å². The number of aromatic nitrogens is 2. The van der Waals surface area contributed by atoms with Gasteiger partial charge < -0.3 is 9.64 Å². The fourth-order valence-electron chi connectivity index (χ4n) is 3.22. The number of aryl methyl sites for hydroxylation is 1. The van der Waals surface area contributed by atoms with Crippen molar-refractivity contribution in [2.24, 2.45) is 0 Å². The zero-order valence-corrected chi connectivity index (χ0v) is 15.0. The van der Waals surface area contributed by atoms with E-state index >= 15 is 0 Å². The maximum Gasteiger partial charge on any atom is 0.295 e. The van der Waals surface area contributed by atoms with E-state index in [1.807, 2.05) is 51.1 Å². The molecule has 3 rings (SSSR count). The molecule has 0 saturated carbocycles. The quantitative estimate of drug-likeness (QED) is 0.635. The Labute approximate surface area is 147 Å². The summed E-state index contributed by atoms with van der Waals surface area (Å²) in [6.07, 6.45) is -0.0674. The Morgan fingerprint density at radius 1 is 1.16 bits per heavy atom. The first kappa shape index (κ1) is 17.4. The smallest absolute Gasteiger partial charge is 0.295 e. The number of Topliss-reactive ketones (excluding diaryl/α,β-unsaturated/α-hetero) is 1. The highest BCUT2D eigenvalue weighted by Gasteiger charge is 2.34. The molecule has 132 valence electrons. The van der Waals surface area contributed by atoms with Crippen LogP contribution in [0.4, 0.5) is 0 Å². The summed E-state index contributed by atoms with van der Waals surface area (Å²) in [5.41, 5.74) is 2.49. The summed E-state index contributed by atoms with van der Waals surface area (Å²) < 4.78 is 7.25. The van der Waals surface area contributed by atoms with Crippen molar-refractivity contribution >= 4 is 11.7 Å². The third kappa shape index (κ3) is 3.22. The van der Waals surface area contributed by atoms with Crippen molar-refractivity contribution in [3.63, 3.8) is 0 Å². The number of rotatable bonds is 3. The minimum Gasteiger partial charge on any atom is -0.375 e. The van der Waals surface area contributed by atoms with Crippen molar-refractivity contribution < 1.29 is 14.3 Å². The summed E-state index contributed by atoms with van der Waals surface area (Å²) in [7, 11) is 0. The van der Waals surface area contributed by atoms with E-state index in [4.69, 9.17) is 4.74 Å². The number of hydrogen-bond donors (Lipinski definition) is 0. The first-order valence-corrected chi connectivity index (χ1v) is 8.48. The van der Waals surface area contributed by atoms with Crippen LogP contribution in [0.2, 0.25) is 0 Å². The SMILES string of the molecule is Cc1nn(-c2ccccc2)c(C)c1C(=O)C(=O)N1C[C@@H](C)OC[C@@H]1C. The number of morpholine rings is 1. The van der Waals surface area contributed by atoms with Gasteiger partial charge in [-0.1, -0.05) is 18.2 Å².